The highest BCUT2D eigenvalue weighted by atomic mass is 79.9. The number of pyridine rings is 1. The van der Waals surface area contributed by atoms with Gasteiger partial charge in [0.2, 0.25) is 0 Å². The Morgan fingerprint density at radius 1 is 1.16 bits per heavy atom. The minimum atomic E-state index is 0.183. The Labute approximate surface area is 131 Å². The molecule has 0 aliphatic carbocycles. The fourth-order valence-electron chi connectivity index (χ4n) is 1.61. The van der Waals surface area contributed by atoms with Crippen LogP contribution in [0.25, 0.3) is 0 Å². The molecule has 2 aromatic rings. The van der Waals surface area contributed by atoms with Crippen LogP contribution >= 0.6 is 39.3 Å². The Balaban J connectivity index is 2.20. The van der Waals surface area contributed by atoms with E-state index in [4.69, 9.17) is 11.6 Å². The molecular formula is C15H15BrClNS. The molecule has 0 fully saturated rings. The summed E-state index contributed by atoms with van der Waals surface area (Å²) in [5.74, 6) is 0. The molecule has 0 spiro atoms. The van der Waals surface area contributed by atoms with Gasteiger partial charge in [0.15, 0.2) is 0 Å². The lowest BCUT2D eigenvalue weighted by molar-refractivity contribution is 0.590. The monoisotopic (exact) mass is 355 g/mol. The molecule has 100 valence electrons. The first-order valence-electron chi connectivity index (χ1n) is 5.96. The van der Waals surface area contributed by atoms with Crippen molar-refractivity contribution in [3.63, 3.8) is 0 Å². The first-order chi connectivity index (χ1) is 8.86. The van der Waals surface area contributed by atoms with Crippen molar-refractivity contribution in [3.05, 3.63) is 51.6 Å². The molecule has 0 N–H and O–H groups in total. The summed E-state index contributed by atoms with van der Waals surface area (Å²) in [6.07, 6.45) is 1.66. The highest BCUT2D eigenvalue weighted by Gasteiger charge is 2.13. The Hall–Kier alpha value is -0.510. The maximum Gasteiger partial charge on any atom is 0.115 e. The summed E-state index contributed by atoms with van der Waals surface area (Å²) in [7, 11) is 0. The predicted molar refractivity (Wildman–Crippen MR) is 86.2 cm³/mol. The third-order valence-electron chi connectivity index (χ3n) is 2.71. The average Bonchev–Trinajstić information content (AvgIpc) is 2.32. The van der Waals surface area contributed by atoms with Crippen molar-refractivity contribution in [2.75, 3.05) is 0 Å². The number of hydrogen-bond acceptors (Lipinski definition) is 2. The second-order valence-corrected chi connectivity index (χ2v) is 7.67. The predicted octanol–water partition coefficient (Wildman–Crippen LogP) is 5.95. The first-order valence-corrected chi connectivity index (χ1v) is 7.94. The van der Waals surface area contributed by atoms with Crippen LogP contribution in [-0.4, -0.2) is 4.98 Å². The molecule has 1 heterocycles. The standard InChI is InChI=1S/C15H15BrClNS/c1-15(2,3)10-4-6-12(7-5-10)19-14-13(16)8-11(17)9-18-14/h4-9H,1-3H3. The van der Waals surface area contributed by atoms with Crippen molar-refractivity contribution in [1.82, 2.24) is 4.98 Å². The fraction of sp³-hybridized carbons (Fsp3) is 0.267. The van der Waals surface area contributed by atoms with Crippen LogP contribution in [0.4, 0.5) is 0 Å². The molecular weight excluding hydrogens is 342 g/mol. The summed E-state index contributed by atoms with van der Waals surface area (Å²) in [5, 5.41) is 1.56. The minimum Gasteiger partial charge on any atom is -0.247 e. The smallest absolute Gasteiger partial charge is 0.115 e. The van der Waals surface area contributed by atoms with Crippen molar-refractivity contribution < 1.29 is 0 Å². The maximum atomic E-state index is 5.89. The summed E-state index contributed by atoms with van der Waals surface area (Å²) in [4.78, 5) is 5.50. The summed E-state index contributed by atoms with van der Waals surface area (Å²) >= 11 is 11.0. The lowest BCUT2D eigenvalue weighted by Crippen LogP contribution is -2.10. The normalized spacial score (nSPS) is 11.6. The summed E-state index contributed by atoms with van der Waals surface area (Å²) in [6.45, 7) is 6.64. The lowest BCUT2D eigenvalue weighted by Gasteiger charge is -2.19. The maximum absolute atomic E-state index is 5.89. The van der Waals surface area contributed by atoms with Gasteiger partial charge in [0.05, 0.1) is 9.50 Å². The van der Waals surface area contributed by atoms with E-state index in [2.05, 4.69) is 66.0 Å². The van der Waals surface area contributed by atoms with Gasteiger partial charge in [-0.2, -0.15) is 0 Å². The van der Waals surface area contributed by atoms with Crippen molar-refractivity contribution in [2.45, 2.75) is 36.1 Å². The zero-order valence-electron chi connectivity index (χ0n) is 11.1. The molecule has 0 unspecified atom stereocenters. The van der Waals surface area contributed by atoms with Crippen LogP contribution in [0, 0.1) is 0 Å². The van der Waals surface area contributed by atoms with Crippen LogP contribution in [0.3, 0.4) is 0 Å². The molecule has 0 amide bonds. The number of rotatable bonds is 2. The van der Waals surface area contributed by atoms with Crippen molar-refractivity contribution in [1.29, 1.82) is 0 Å². The van der Waals surface area contributed by atoms with Crippen molar-refractivity contribution in [3.8, 4) is 0 Å². The summed E-state index contributed by atoms with van der Waals surface area (Å²) in [6, 6.07) is 10.5. The van der Waals surface area contributed by atoms with E-state index in [9.17, 15) is 0 Å². The van der Waals surface area contributed by atoms with Gasteiger partial charge >= 0.3 is 0 Å². The molecule has 0 saturated heterocycles. The SMILES string of the molecule is CC(C)(C)c1ccc(Sc2ncc(Cl)cc2Br)cc1. The number of halogens is 2. The van der Waals surface area contributed by atoms with E-state index >= 15 is 0 Å². The van der Waals surface area contributed by atoms with Crippen LogP contribution in [0.5, 0.6) is 0 Å². The molecule has 4 heteroatoms. The number of hydrogen-bond donors (Lipinski definition) is 0. The number of aromatic nitrogens is 1. The van der Waals surface area contributed by atoms with E-state index in [1.807, 2.05) is 6.07 Å². The van der Waals surface area contributed by atoms with Crippen LogP contribution in [0.2, 0.25) is 5.02 Å². The van der Waals surface area contributed by atoms with E-state index in [0.717, 1.165) is 9.50 Å². The van der Waals surface area contributed by atoms with Crippen molar-refractivity contribution >= 4 is 39.3 Å². The van der Waals surface area contributed by atoms with Crippen LogP contribution in [0.15, 0.2) is 50.9 Å². The van der Waals surface area contributed by atoms with Crippen molar-refractivity contribution in [2.24, 2.45) is 0 Å². The second kappa shape index (κ2) is 5.86. The Morgan fingerprint density at radius 2 is 1.79 bits per heavy atom. The van der Waals surface area contributed by atoms with E-state index in [0.29, 0.717) is 5.02 Å². The van der Waals surface area contributed by atoms with E-state index in [1.54, 1.807) is 18.0 Å². The zero-order chi connectivity index (χ0) is 14.0. The van der Waals surface area contributed by atoms with E-state index in [-0.39, 0.29) is 5.41 Å². The largest absolute Gasteiger partial charge is 0.247 e. The number of benzene rings is 1. The van der Waals surface area contributed by atoms with Gasteiger partial charge in [-0.15, -0.1) is 0 Å². The molecule has 0 saturated carbocycles. The van der Waals surface area contributed by atoms with Gasteiger partial charge in [-0.05, 0) is 45.1 Å². The zero-order valence-corrected chi connectivity index (χ0v) is 14.2. The second-order valence-electron chi connectivity index (χ2n) is 5.32. The molecule has 19 heavy (non-hydrogen) atoms. The highest BCUT2D eigenvalue weighted by molar-refractivity contribution is 9.10. The Morgan fingerprint density at radius 3 is 2.32 bits per heavy atom. The highest BCUT2D eigenvalue weighted by Crippen LogP contribution is 2.34. The minimum absolute atomic E-state index is 0.183. The number of nitrogens with zero attached hydrogens (tertiary/aromatic N) is 1. The fourth-order valence-corrected chi connectivity index (χ4v) is 3.25. The topological polar surface area (TPSA) is 12.9 Å². The molecule has 2 rings (SSSR count). The van der Waals surface area contributed by atoms with Crippen LogP contribution in [-0.2, 0) is 5.41 Å². The molecule has 0 atom stereocenters. The Bertz CT molecular complexity index is 576. The molecule has 0 aliphatic heterocycles. The summed E-state index contributed by atoms with van der Waals surface area (Å²) in [5.41, 5.74) is 1.52. The van der Waals surface area contributed by atoms with E-state index < -0.39 is 0 Å². The molecule has 0 aliphatic rings. The molecule has 0 radical (unpaired) electrons. The van der Waals surface area contributed by atoms with Gasteiger partial charge in [0.25, 0.3) is 0 Å². The van der Waals surface area contributed by atoms with E-state index in [1.165, 1.54) is 10.5 Å². The molecule has 1 nitrogen and oxygen atoms in total. The van der Waals surface area contributed by atoms with Gasteiger partial charge in [-0.1, -0.05) is 56.3 Å². The lowest BCUT2D eigenvalue weighted by atomic mass is 9.87. The van der Waals surface area contributed by atoms with Crippen LogP contribution in [0.1, 0.15) is 26.3 Å². The van der Waals surface area contributed by atoms with Crippen LogP contribution < -0.4 is 0 Å². The van der Waals surface area contributed by atoms with Gasteiger partial charge in [-0.3, -0.25) is 0 Å². The third kappa shape index (κ3) is 3.98. The van der Waals surface area contributed by atoms with Gasteiger partial charge in [0, 0.05) is 11.1 Å². The molecule has 1 aromatic carbocycles. The third-order valence-corrected chi connectivity index (χ3v) is 4.81. The first kappa shape index (κ1) is 14.9. The van der Waals surface area contributed by atoms with Gasteiger partial charge < -0.3 is 0 Å². The van der Waals surface area contributed by atoms with Gasteiger partial charge in [0.1, 0.15) is 5.03 Å². The molecule has 0 bridgehead atoms. The molecule has 1 aromatic heterocycles. The van der Waals surface area contributed by atoms with Gasteiger partial charge in [-0.25, -0.2) is 4.98 Å². The summed E-state index contributed by atoms with van der Waals surface area (Å²) < 4.78 is 0.921. The Kier molecular flexibility index (Phi) is 4.59. The average molecular weight is 357 g/mol. The quantitative estimate of drug-likeness (QED) is 0.660.